The lowest BCUT2D eigenvalue weighted by molar-refractivity contribution is 0.102. The van der Waals surface area contributed by atoms with E-state index in [-0.39, 0.29) is 5.91 Å². The molecule has 0 saturated heterocycles. The minimum absolute atomic E-state index is 0.232. The minimum atomic E-state index is -0.232. The Morgan fingerprint density at radius 1 is 1.17 bits per heavy atom. The van der Waals surface area contributed by atoms with Gasteiger partial charge in [0, 0.05) is 11.3 Å². The number of thioether (sulfide) groups is 1. The molecular formula is C17H15N3O2S2. The molecule has 7 heteroatoms. The Balaban J connectivity index is 1.60. The van der Waals surface area contributed by atoms with Crippen molar-refractivity contribution in [2.24, 2.45) is 0 Å². The molecule has 0 aliphatic heterocycles. The number of amides is 1. The molecule has 0 bridgehead atoms. The van der Waals surface area contributed by atoms with Crippen molar-refractivity contribution >= 4 is 34.1 Å². The first kappa shape index (κ1) is 16.5. The van der Waals surface area contributed by atoms with E-state index in [1.54, 1.807) is 43.1 Å². The topological polar surface area (TPSA) is 64.1 Å². The molecule has 122 valence electrons. The van der Waals surface area contributed by atoms with Gasteiger partial charge in [-0.2, -0.15) is 0 Å². The van der Waals surface area contributed by atoms with Crippen molar-refractivity contribution in [1.82, 2.24) is 10.2 Å². The molecule has 0 spiro atoms. The predicted molar refractivity (Wildman–Crippen MR) is 96.9 cm³/mol. The molecule has 1 N–H and O–H groups in total. The third-order valence-corrected chi connectivity index (χ3v) is 5.21. The third-order valence-electron chi connectivity index (χ3n) is 3.16. The van der Waals surface area contributed by atoms with Gasteiger partial charge in [-0.1, -0.05) is 59.5 Å². The molecule has 3 aromatic rings. The van der Waals surface area contributed by atoms with Crippen LogP contribution in [-0.4, -0.2) is 23.2 Å². The van der Waals surface area contributed by atoms with Crippen molar-refractivity contribution in [3.63, 3.8) is 0 Å². The molecule has 0 aliphatic rings. The molecule has 5 nitrogen and oxygen atoms in total. The van der Waals surface area contributed by atoms with Crippen LogP contribution in [0.5, 0.6) is 5.75 Å². The van der Waals surface area contributed by atoms with E-state index in [2.05, 4.69) is 27.6 Å². The number of benzene rings is 2. The van der Waals surface area contributed by atoms with Gasteiger partial charge in [-0.05, 0) is 23.8 Å². The number of carbonyl (C=O) groups is 1. The number of rotatable bonds is 6. The maximum atomic E-state index is 12.2. The maximum Gasteiger partial charge on any atom is 0.257 e. The average Bonchev–Trinajstić information content (AvgIpc) is 3.08. The van der Waals surface area contributed by atoms with Gasteiger partial charge in [0.05, 0.1) is 7.11 Å². The van der Waals surface area contributed by atoms with E-state index >= 15 is 0 Å². The summed E-state index contributed by atoms with van der Waals surface area (Å²) >= 11 is 2.96. The lowest BCUT2D eigenvalue weighted by Gasteiger charge is -2.03. The van der Waals surface area contributed by atoms with Crippen LogP contribution in [0.1, 0.15) is 15.9 Å². The SMILES string of the molecule is COc1cccc(C(=O)Nc2nnc(SCc3ccccc3)s2)c1. The Kier molecular flexibility index (Phi) is 5.45. The normalized spacial score (nSPS) is 10.4. The van der Waals surface area contributed by atoms with Crippen LogP contribution < -0.4 is 10.1 Å². The Morgan fingerprint density at radius 3 is 2.79 bits per heavy atom. The first-order valence-electron chi connectivity index (χ1n) is 7.20. The van der Waals surface area contributed by atoms with Crippen LogP contribution in [-0.2, 0) is 5.75 Å². The Bertz CT molecular complexity index is 821. The molecule has 1 amide bonds. The van der Waals surface area contributed by atoms with Gasteiger partial charge in [-0.3, -0.25) is 10.1 Å². The van der Waals surface area contributed by atoms with Gasteiger partial charge in [0.15, 0.2) is 4.34 Å². The summed E-state index contributed by atoms with van der Waals surface area (Å²) in [4.78, 5) is 12.2. The second kappa shape index (κ2) is 7.94. The highest BCUT2D eigenvalue weighted by molar-refractivity contribution is 8.00. The van der Waals surface area contributed by atoms with Gasteiger partial charge >= 0.3 is 0 Å². The zero-order valence-corrected chi connectivity index (χ0v) is 14.6. The second-order valence-corrected chi connectivity index (χ2v) is 7.03. The number of ether oxygens (including phenoxy) is 1. The van der Waals surface area contributed by atoms with E-state index in [1.807, 2.05) is 18.2 Å². The number of methoxy groups -OCH3 is 1. The van der Waals surface area contributed by atoms with Gasteiger partial charge in [-0.25, -0.2) is 0 Å². The number of hydrogen-bond donors (Lipinski definition) is 1. The zero-order valence-electron chi connectivity index (χ0n) is 12.9. The molecule has 24 heavy (non-hydrogen) atoms. The Labute approximate surface area is 148 Å². The van der Waals surface area contributed by atoms with Crippen molar-refractivity contribution < 1.29 is 9.53 Å². The number of nitrogens with zero attached hydrogens (tertiary/aromatic N) is 2. The van der Waals surface area contributed by atoms with E-state index in [0.29, 0.717) is 16.4 Å². The smallest absolute Gasteiger partial charge is 0.257 e. The van der Waals surface area contributed by atoms with E-state index in [4.69, 9.17) is 4.74 Å². The van der Waals surface area contributed by atoms with Crippen molar-refractivity contribution in [2.45, 2.75) is 10.1 Å². The molecule has 0 saturated carbocycles. The van der Waals surface area contributed by atoms with E-state index in [0.717, 1.165) is 10.1 Å². The molecule has 3 rings (SSSR count). The maximum absolute atomic E-state index is 12.2. The largest absolute Gasteiger partial charge is 0.497 e. The molecule has 0 atom stereocenters. The minimum Gasteiger partial charge on any atom is -0.497 e. The van der Waals surface area contributed by atoms with Gasteiger partial charge in [-0.15, -0.1) is 10.2 Å². The van der Waals surface area contributed by atoms with Crippen LogP contribution in [0.3, 0.4) is 0 Å². The molecule has 2 aromatic carbocycles. The van der Waals surface area contributed by atoms with Crippen molar-refractivity contribution in [3.8, 4) is 5.75 Å². The van der Waals surface area contributed by atoms with Crippen LogP contribution in [0.15, 0.2) is 58.9 Å². The molecular weight excluding hydrogens is 342 g/mol. The molecule has 0 unspecified atom stereocenters. The molecule has 0 aliphatic carbocycles. The molecule has 0 radical (unpaired) electrons. The summed E-state index contributed by atoms with van der Waals surface area (Å²) in [6.45, 7) is 0. The Hall–Kier alpha value is -2.38. The summed E-state index contributed by atoms with van der Waals surface area (Å²) in [7, 11) is 1.57. The summed E-state index contributed by atoms with van der Waals surface area (Å²) < 4.78 is 5.94. The zero-order chi connectivity index (χ0) is 16.8. The fraction of sp³-hybridized carbons (Fsp3) is 0.118. The predicted octanol–water partition coefficient (Wildman–Crippen LogP) is 4.09. The first-order valence-corrected chi connectivity index (χ1v) is 9.00. The monoisotopic (exact) mass is 357 g/mol. The highest BCUT2D eigenvalue weighted by Crippen LogP contribution is 2.28. The summed E-state index contributed by atoms with van der Waals surface area (Å²) in [6, 6.07) is 17.1. The van der Waals surface area contributed by atoms with Crippen molar-refractivity contribution in [3.05, 3.63) is 65.7 Å². The van der Waals surface area contributed by atoms with Gasteiger partial charge in [0.1, 0.15) is 5.75 Å². The van der Waals surface area contributed by atoms with Crippen LogP contribution >= 0.6 is 23.1 Å². The number of anilines is 1. The quantitative estimate of drug-likeness (QED) is 0.532. The molecule has 1 heterocycles. The van der Waals surface area contributed by atoms with Gasteiger partial charge < -0.3 is 4.74 Å². The van der Waals surface area contributed by atoms with Gasteiger partial charge in [0.25, 0.3) is 5.91 Å². The highest BCUT2D eigenvalue weighted by Gasteiger charge is 2.11. The summed E-state index contributed by atoms with van der Waals surface area (Å²) in [6.07, 6.45) is 0. The second-order valence-electron chi connectivity index (χ2n) is 4.83. The lowest BCUT2D eigenvalue weighted by atomic mass is 10.2. The van der Waals surface area contributed by atoms with Crippen LogP contribution in [0.25, 0.3) is 0 Å². The number of hydrogen-bond acceptors (Lipinski definition) is 6. The lowest BCUT2D eigenvalue weighted by Crippen LogP contribution is -2.11. The molecule has 0 fully saturated rings. The van der Waals surface area contributed by atoms with Crippen molar-refractivity contribution in [1.29, 1.82) is 0 Å². The van der Waals surface area contributed by atoms with E-state index < -0.39 is 0 Å². The third kappa shape index (κ3) is 4.33. The average molecular weight is 357 g/mol. The van der Waals surface area contributed by atoms with Crippen LogP contribution in [0.2, 0.25) is 0 Å². The number of aromatic nitrogens is 2. The summed E-state index contributed by atoms with van der Waals surface area (Å²) in [5, 5.41) is 11.4. The molecule has 1 aromatic heterocycles. The fourth-order valence-corrected chi connectivity index (χ4v) is 3.67. The van der Waals surface area contributed by atoms with Crippen LogP contribution in [0, 0.1) is 0 Å². The van der Waals surface area contributed by atoms with E-state index in [1.165, 1.54) is 16.9 Å². The standard InChI is InChI=1S/C17H15N3O2S2/c1-22-14-9-5-8-13(10-14)15(21)18-16-19-20-17(24-16)23-11-12-6-3-2-4-7-12/h2-10H,11H2,1H3,(H,18,19,21). The Morgan fingerprint density at radius 2 is 2.00 bits per heavy atom. The van der Waals surface area contributed by atoms with Crippen molar-refractivity contribution in [2.75, 3.05) is 12.4 Å². The fourth-order valence-electron chi connectivity index (χ4n) is 1.97. The first-order chi connectivity index (χ1) is 11.7. The summed E-state index contributed by atoms with van der Waals surface area (Å²) in [5.41, 5.74) is 1.74. The summed E-state index contributed by atoms with van der Waals surface area (Å²) in [5.74, 6) is 1.22. The number of nitrogens with one attached hydrogen (secondary N) is 1. The van der Waals surface area contributed by atoms with E-state index in [9.17, 15) is 4.79 Å². The van der Waals surface area contributed by atoms with Gasteiger partial charge in [0.2, 0.25) is 5.13 Å². The highest BCUT2D eigenvalue weighted by atomic mass is 32.2. The van der Waals surface area contributed by atoms with Crippen LogP contribution in [0.4, 0.5) is 5.13 Å². The number of carbonyl (C=O) groups excluding carboxylic acids is 1.